The van der Waals surface area contributed by atoms with Gasteiger partial charge in [0.15, 0.2) is 6.10 Å². The van der Waals surface area contributed by atoms with E-state index in [4.69, 9.17) is 21.6 Å². The molecule has 0 saturated heterocycles. The number of halogens is 1. The van der Waals surface area contributed by atoms with Gasteiger partial charge in [-0.25, -0.2) is 13.2 Å². The van der Waals surface area contributed by atoms with Crippen molar-refractivity contribution in [3.8, 4) is 6.07 Å². The predicted molar refractivity (Wildman–Crippen MR) is 82.0 cm³/mol. The van der Waals surface area contributed by atoms with E-state index in [2.05, 4.69) is 0 Å². The van der Waals surface area contributed by atoms with Crippen molar-refractivity contribution in [1.29, 1.82) is 5.26 Å². The number of carbonyl (C=O) groups is 1. The zero-order valence-corrected chi connectivity index (χ0v) is 14.1. The number of hydrogen-bond acceptors (Lipinski definition) is 5. The monoisotopic (exact) mass is 344 g/mol. The molecule has 0 unspecified atom stereocenters. The van der Waals surface area contributed by atoms with Crippen molar-refractivity contribution in [3.63, 3.8) is 0 Å². The van der Waals surface area contributed by atoms with Crippen LogP contribution in [0.4, 0.5) is 0 Å². The first-order valence-electron chi connectivity index (χ1n) is 6.68. The summed E-state index contributed by atoms with van der Waals surface area (Å²) in [7, 11) is -3.71. The summed E-state index contributed by atoms with van der Waals surface area (Å²) in [6, 6.07) is 5.58. The van der Waals surface area contributed by atoms with Gasteiger partial charge in [0.25, 0.3) is 0 Å². The molecule has 0 aromatic heterocycles. The van der Waals surface area contributed by atoms with Crippen molar-refractivity contribution in [2.45, 2.75) is 31.8 Å². The normalized spacial score (nSPS) is 12.7. The van der Waals surface area contributed by atoms with Gasteiger partial charge in [0.2, 0.25) is 10.0 Å². The minimum atomic E-state index is -3.71. The Balaban J connectivity index is 3.26. The van der Waals surface area contributed by atoms with Gasteiger partial charge in [0, 0.05) is 13.1 Å². The molecule has 1 aromatic rings. The summed E-state index contributed by atoms with van der Waals surface area (Å²) >= 11 is 5.92. The Labute approximate surface area is 135 Å². The van der Waals surface area contributed by atoms with Crippen LogP contribution in [0.3, 0.4) is 0 Å². The molecule has 22 heavy (non-hydrogen) atoms. The first kappa shape index (κ1) is 18.4. The van der Waals surface area contributed by atoms with E-state index < -0.39 is 22.1 Å². The van der Waals surface area contributed by atoms with Crippen LogP contribution in [-0.2, 0) is 14.8 Å². The average Bonchev–Trinajstić information content (AvgIpc) is 2.48. The van der Waals surface area contributed by atoms with E-state index in [1.54, 1.807) is 19.9 Å². The molecule has 120 valence electrons. The van der Waals surface area contributed by atoms with Crippen molar-refractivity contribution in [3.05, 3.63) is 28.8 Å². The van der Waals surface area contributed by atoms with Gasteiger partial charge in [0.1, 0.15) is 6.07 Å². The molecule has 6 nitrogen and oxygen atoms in total. The van der Waals surface area contributed by atoms with E-state index in [9.17, 15) is 13.2 Å². The lowest BCUT2D eigenvalue weighted by atomic mass is 10.2. The Morgan fingerprint density at radius 3 is 2.50 bits per heavy atom. The zero-order valence-electron chi connectivity index (χ0n) is 12.5. The first-order valence-corrected chi connectivity index (χ1v) is 8.50. The van der Waals surface area contributed by atoms with Gasteiger partial charge in [0.05, 0.1) is 15.5 Å². The van der Waals surface area contributed by atoms with Crippen molar-refractivity contribution in [2.75, 3.05) is 13.1 Å². The quantitative estimate of drug-likeness (QED) is 0.739. The lowest BCUT2D eigenvalue weighted by Crippen LogP contribution is -2.30. The van der Waals surface area contributed by atoms with Gasteiger partial charge in [-0.05, 0) is 25.1 Å². The molecule has 0 aliphatic carbocycles. The van der Waals surface area contributed by atoms with Gasteiger partial charge in [-0.3, -0.25) is 0 Å². The fourth-order valence-corrected chi connectivity index (χ4v) is 3.46. The van der Waals surface area contributed by atoms with Crippen LogP contribution >= 0.6 is 11.6 Å². The number of esters is 1. The van der Waals surface area contributed by atoms with Gasteiger partial charge < -0.3 is 4.74 Å². The molecule has 0 heterocycles. The van der Waals surface area contributed by atoms with Crippen molar-refractivity contribution < 1.29 is 17.9 Å². The molecule has 0 spiro atoms. The summed E-state index contributed by atoms with van der Waals surface area (Å²) < 4.78 is 31.0. The molecule has 1 rings (SSSR count). The molecule has 8 heteroatoms. The van der Waals surface area contributed by atoms with Crippen molar-refractivity contribution >= 4 is 27.6 Å². The molecule has 0 aliphatic rings. The molecule has 0 bridgehead atoms. The van der Waals surface area contributed by atoms with Crippen molar-refractivity contribution in [1.82, 2.24) is 4.31 Å². The summed E-state index contributed by atoms with van der Waals surface area (Å²) in [5, 5.41) is 8.72. The Morgan fingerprint density at radius 1 is 1.41 bits per heavy atom. The number of hydrogen-bond donors (Lipinski definition) is 0. The molecule has 1 aromatic carbocycles. The highest BCUT2D eigenvalue weighted by atomic mass is 35.5. The fourth-order valence-electron chi connectivity index (χ4n) is 1.78. The maximum absolute atomic E-state index is 12.4. The summed E-state index contributed by atoms with van der Waals surface area (Å²) in [6.07, 6.45) is -0.952. The second-order valence-electron chi connectivity index (χ2n) is 4.41. The summed E-state index contributed by atoms with van der Waals surface area (Å²) in [5.41, 5.74) is -0.0861. The number of nitriles is 1. The number of benzene rings is 1. The maximum atomic E-state index is 12.4. The molecular formula is C14H17ClN2O4S. The van der Waals surface area contributed by atoms with E-state index in [0.29, 0.717) is 13.1 Å². The van der Waals surface area contributed by atoms with Crippen molar-refractivity contribution in [2.24, 2.45) is 0 Å². The minimum Gasteiger partial charge on any atom is -0.444 e. The van der Waals surface area contributed by atoms with Crippen LogP contribution in [-0.4, -0.2) is 37.9 Å². The largest absolute Gasteiger partial charge is 0.444 e. The van der Waals surface area contributed by atoms with Crippen LogP contribution in [0.2, 0.25) is 5.02 Å². The molecule has 0 aliphatic heterocycles. The van der Waals surface area contributed by atoms with Crippen LogP contribution in [0, 0.1) is 11.3 Å². The van der Waals surface area contributed by atoms with E-state index in [1.165, 1.54) is 29.4 Å². The molecule has 0 saturated carbocycles. The van der Waals surface area contributed by atoms with Gasteiger partial charge in [-0.1, -0.05) is 25.4 Å². The van der Waals surface area contributed by atoms with E-state index in [1.807, 2.05) is 0 Å². The number of sulfonamides is 1. The average molecular weight is 345 g/mol. The molecule has 0 amide bonds. The second-order valence-corrected chi connectivity index (χ2v) is 6.75. The van der Waals surface area contributed by atoms with E-state index in [0.717, 1.165) is 0 Å². The minimum absolute atomic E-state index is 0.0443. The molecular weight excluding hydrogens is 328 g/mol. The molecule has 0 radical (unpaired) electrons. The third-order valence-corrected chi connectivity index (χ3v) is 5.34. The topological polar surface area (TPSA) is 87.5 Å². The first-order chi connectivity index (χ1) is 10.3. The Bertz CT molecular complexity index is 693. The highest BCUT2D eigenvalue weighted by Gasteiger charge is 2.24. The zero-order chi connectivity index (χ0) is 16.9. The number of carbonyl (C=O) groups excluding carboxylic acids is 1. The van der Waals surface area contributed by atoms with Crippen LogP contribution in [0.1, 0.15) is 31.1 Å². The van der Waals surface area contributed by atoms with Gasteiger partial charge >= 0.3 is 5.97 Å². The summed E-state index contributed by atoms with van der Waals surface area (Å²) in [4.78, 5) is 11.9. The SMILES string of the molecule is CCN(CC)S(=O)(=O)c1ccc(Cl)c(C(=O)O[C@H](C)C#N)c1. The lowest BCUT2D eigenvalue weighted by molar-refractivity contribution is 0.0435. The van der Waals surface area contributed by atoms with Crippen LogP contribution in [0.5, 0.6) is 0 Å². The maximum Gasteiger partial charge on any atom is 0.340 e. The highest BCUT2D eigenvalue weighted by Crippen LogP contribution is 2.24. The standard InChI is InChI=1S/C14H17ClN2O4S/c1-4-17(5-2)22(19,20)11-6-7-13(15)12(8-11)14(18)21-10(3)9-16/h6-8,10H,4-5H2,1-3H3/t10-/m1/s1. The third-order valence-electron chi connectivity index (χ3n) is 2.97. The number of rotatable bonds is 6. The predicted octanol–water partition coefficient (Wildman–Crippen LogP) is 2.44. The Kier molecular flexibility index (Phi) is 6.35. The van der Waals surface area contributed by atoms with Crippen LogP contribution < -0.4 is 0 Å². The van der Waals surface area contributed by atoms with Crippen LogP contribution in [0.25, 0.3) is 0 Å². The number of ether oxygens (including phenoxy) is 1. The Hall–Kier alpha value is -1.62. The van der Waals surface area contributed by atoms with E-state index in [-0.39, 0.29) is 15.5 Å². The molecule has 0 N–H and O–H groups in total. The lowest BCUT2D eigenvalue weighted by Gasteiger charge is -2.19. The smallest absolute Gasteiger partial charge is 0.340 e. The highest BCUT2D eigenvalue weighted by molar-refractivity contribution is 7.89. The molecule has 1 atom stereocenters. The van der Waals surface area contributed by atoms with E-state index >= 15 is 0 Å². The molecule has 0 fully saturated rings. The number of nitrogens with zero attached hydrogens (tertiary/aromatic N) is 2. The van der Waals surface area contributed by atoms with Gasteiger partial charge in [-0.2, -0.15) is 9.57 Å². The fraction of sp³-hybridized carbons (Fsp3) is 0.429. The third kappa shape index (κ3) is 3.97. The Morgan fingerprint density at radius 2 is 2.00 bits per heavy atom. The second kappa shape index (κ2) is 7.58. The summed E-state index contributed by atoms with van der Waals surface area (Å²) in [6.45, 7) is 5.48. The summed E-state index contributed by atoms with van der Waals surface area (Å²) in [5.74, 6) is -0.837. The van der Waals surface area contributed by atoms with Gasteiger partial charge in [-0.15, -0.1) is 0 Å². The van der Waals surface area contributed by atoms with Crippen LogP contribution in [0.15, 0.2) is 23.1 Å².